The quantitative estimate of drug-likeness (QED) is 0.731. The number of ether oxygens (including phenoxy) is 1. The summed E-state index contributed by atoms with van der Waals surface area (Å²) in [6.07, 6.45) is 0.727. The van der Waals surface area contributed by atoms with Gasteiger partial charge in [-0.2, -0.15) is 0 Å². The molecule has 2 atom stereocenters. The first-order valence-corrected chi connectivity index (χ1v) is 7.47. The Labute approximate surface area is 125 Å². The number of esters is 1. The van der Waals surface area contributed by atoms with Crippen LogP contribution in [0.2, 0.25) is 0 Å². The molecule has 0 aliphatic carbocycles. The van der Waals surface area contributed by atoms with Gasteiger partial charge in [0.15, 0.2) is 0 Å². The van der Waals surface area contributed by atoms with E-state index in [2.05, 4.69) is 45.0 Å². The molecule has 0 aromatic rings. The van der Waals surface area contributed by atoms with E-state index in [1.54, 1.807) is 0 Å². The van der Waals surface area contributed by atoms with Crippen molar-refractivity contribution in [2.45, 2.75) is 72.5 Å². The maximum Gasteiger partial charge on any atom is 0.325 e. The zero-order valence-corrected chi connectivity index (χ0v) is 14.8. The summed E-state index contributed by atoms with van der Waals surface area (Å²) in [4.78, 5) is 14.4. The number of nitrogens with zero attached hydrogens (tertiary/aromatic N) is 1. The predicted octanol–water partition coefficient (Wildman–Crippen LogP) is 2.67. The number of carbonyl (C=O) groups excluding carboxylic acids is 1. The summed E-state index contributed by atoms with van der Waals surface area (Å²) in [6, 6.07) is 0.531. The molecule has 120 valence electrons. The van der Waals surface area contributed by atoms with E-state index >= 15 is 0 Å². The minimum atomic E-state index is -0.644. The van der Waals surface area contributed by atoms with Crippen molar-refractivity contribution < 1.29 is 9.53 Å². The van der Waals surface area contributed by atoms with Crippen LogP contribution >= 0.6 is 0 Å². The summed E-state index contributed by atoms with van der Waals surface area (Å²) >= 11 is 0. The second kappa shape index (κ2) is 7.41. The van der Waals surface area contributed by atoms with Gasteiger partial charge in [0.05, 0.1) is 7.11 Å². The number of carbonyl (C=O) groups is 1. The van der Waals surface area contributed by atoms with Crippen LogP contribution in [0.4, 0.5) is 0 Å². The molecule has 0 radical (unpaired) electrons. The van der Waals surface area contributed by atoms with Gasteiger partial charge in [0, 0.05) is 18.6 Å². The monoisotopic (exact) mass is 286 g/mol. The van der Waals surface area contributed by atoms with Crippen LogP contribution in [0.3, 0.4) is 0 Å². The molecule has 0 aromatic heterocycles. The Kier molecular flexibility index (Phi) is 7.19. The Bertz CT molecular complexity index is 310. The molecule has 0 rings (SSSR count). The molecule has 0 spiro atoms. The molecule has 0 saturated carbocycles. The topological polar surface area (TPSA) is 41.6 Å². The number of nitrogens with one attached hydrogen (secondary N) is 1. The SMILES string of the molecule is COC(=O)C(C)(CC(C)N(C)CC(C)(C)C)NC(C)C. The second-order valence-electron chi connectivity index (χ2n) is 7.65. The largest absolute Gasteiger partial charge is 0.468 e. The van der Waals surface area contributed by atoms with E-state index in [0.29, 0.717) is 6.04 Å². The van der Waals surface area contributed by atoms with Crippen molar-refractivity contribution in [3.8, 4) is 0 Å². The molecule has 0 saturated heterocycles. The Morgan fingerprint density at radius 2 is 1.70 bits per heavy atom. The lowest BCUT2D eigenvalue weighted by Gasteiger charge is -2.37. The van der Waals surface area contributed by atoms with E-state index in [0.717, 1.165) is 13.0 Å². The summed E-state index contributed by atoms with van der Waals surface area (Å²) in [5, 5.41) is 3.35. The Morgan fingerprint density at radius 1 is 1.20 bits per heavy atom. The van der Waals surface area contributed by atoms with E-state index in [4.69, 9.17) is 4.74 Å². The Morgan fingerprint density at radius 3 is 2.05 bits per heavy atom. The second-order valence-corrected chi connectivity index (χ2v) is 7.65. The van der Waals surface area contributed by atoms with E-state index in [1.807, 2.05) is 20.8 Å². The van der Waals surface area contributed by atoms with Crippen molar-refractivity contribution in [1.29, 1.82) is 0 Å². The third kappa shape index (κ3) is 6.71. The number of hydrogen-bond acceptors (Lipinski definition) is 4. The van der Waals surface area contributed by atoms with Crippen LogP contribution in [0, 0.1) is 5.41 Å². The van der Waals surface area contributed by atoms with Gasteiger partial charge >= 0.3 is 5.97 Å². The molecule has 0 bridgehead atoms. The van der Waals surface area contributed by atoms with Crippen LogP contribution in [0.15, 0.2) is 0 Å². The van der Waals surface area contributed by atoms with Crippen LogP contribution in [0.5, 0.6) is 0 Å². The lowest BCUT2D eigenvalue weighted by Crippen LogP contribution is -2.56. The van der Waals surface area contributed by atoms with Gasteiger partial charge in [-0.05, 0) is 46.6 Å². The van der Waals surface area contributed by atoms with Crippen molar-refractivity contribution in [3.63, 3.8) is 0 Å². The van der Waals surface area contributed by atoms with Gasteiger partial charge in [-0.3, -0.25) is 10.1 Å². The summed E-state index contributed by atoms with van der Waals surface area (Å²) in [5.41, 5.74) is -0.398. The smallest absolute Gasteiger partial charge is 0.325 e. The van der Waals surface area contributed by atoms with E-state index in [1.165, 1.54) is 7.11 Å². The van der Waals surface area contributed by atoms with Crippen LogP contribution in [-0.4, -0.2) is 49.2 Å². The molecule has 0 aromatic carbocycles. The van der Waals surface area contributed by atoms with Crippen LogP contribution < -0.4 is 5.32 Å². The summed E-state index contributed by atoms with van der Waals surface area (Å²) in [5.74, 6) is -0.192. The van der Waals surface area contributed by atoms with E-state index in [9.17, 15) is 4.79 Å². The first-order chi connectivity index (χ1) is 8.91. The standard InChI is InChI=1S/C16H34N2O2/c1-12(2)17-16(7,14(19)20-9)10-13(3)18(8)11-15(4,5)6/h12-13,17H,10-11H2,1-9H3. The summed E-state index contributed by atoms with van der Waals surface area (Å²) < 4.78 is 4.98. The molecule has 4 nitrogen and oxygen atoms in total. The van der Waals surface area contributed by atoms with Crippen LogP contribution in [0.25, 0.3) is 0 Å². The third-order valence-electron chi connectivity index (χ3n) is 3.42. The Balaban J connectivity index is 4.85. The molecule has 2 unspecified atom stereocenters. The zero-order valence-electron chi connectivity index (χ0n) is 14.8. The molecule has 0 fully saturated rings. The normalized spacial score (nSPS) is 17.1. The summed E-state index contributed by atoms with van der Waals surface area (Å²) in [6.45, 7) is 15.9. The highest BCUT2D eigenvalue weighted by Crippen LogP contribution is 2.22. The molecule has 0 amide bonds. The van der Waals surface area contributed by atoms with Gasteiger partial charge in [-0.1, -0.05) is 20.8 Å². The van der Waals surface area contributed by atoms with Crippen LogP contribution in [0.1, 0.15) is 54.9 Å². The average Bonchev–Trinajstić information content (AvgIpc) is 2.24. The molecular weight excluding hydrogens is 252 g/mol. The van der Waals surface area contributed by atoms with Gasteiger partial charge in [-0.15, -0.1) is 0 Å². The first kappa shape index (κ1) is 19.4. The minimum absolute atomic E-state index is 0.192. The van der Waals surface area contributed by atoms with E-state index in [-0.39, 0.29) is 17.4 Å². The van der Waals surface area contributed by atoms with Crippen molar-refractivity contribution in [2.24, 2.45) is 5.41 Å². The molecule has 0 heterocycles. The molecule has 4 heteroatoms. The lowest BCUT2D eigenvalue weighted by atomic mass is 9.90. The molecule has 1 N–H and O–H groups in total. The number of methoxy groups -OCH3 is 1. The van der Waals surface area contributed by atoms with Gasteiger partial charge in [-0.25, -0.2) is 0 Å². The molecule has 20 heavy (non-hydrogen) atoms. The fourth-order valence-electron chi connectivity index (χ4n) is 2.71. The van der Waals surface area contributed by atoms with Gasteiger partial charge in [0.25, 0.3) is 0 Å². The fourth-order valence-corrected chi connectivity index (χ4v) is 2.71. The zero-order chi connectivity index (χ0) is 16.1. The minimum Gasteiger partial charge on any atom is -0.468 e. The summed E-state index contributed by atoms with van der Waals surface area (Å²) in [7, 11) is 3.56. The number of rotatable bonds is 7. The van der Waals surface area contributed by atoms with Crippen molar-refractivity contribution in [2.75, 3.05) is 20.7 Å². The van der Waals surface area contributed by atoms with Crippen molar-refractivity contribution in [3.05, 3.63) is 0 Å². The maximum atomic E-state index is 12.1. The van der Waals surface area contributed by atoms with Gasteiger partial charge < -0.3 is 9.64 Å². The third-order valence-corrected chi connectivity index (χ3v) is 3.42. The highest BCUT2D eigenvalue weighted by molar-refractivity contribution is 5.80. The van der Waals surface area contributed by atoms with Crippen LogP contribution in [-0.2, 0) is 9.53 Å². The van der Waals surface area contributed by atoms with Gasteiger partial charge in [0.1, 0.15) is 5.54 Å². The highest BCUT2D eigenvalue weighted by atomic mass is 16.5. The highest BCUT2D eigenvalue weighted by Gasteiger charge is 2.37. The van der Waals surface area contributed by atoms with Crippen molar-refractivity contribution in [1.82, 2.24) is 10.2 Å². The molecule has 0 aliphatic heterocycles. The van der Waals surface area contributed by atoms with E-state index < -0.39 is 5.54 Å². The number of hydrogen-bond donors (Lipinski definition) is 1. The van der Waals surface area contributed by atoms with Crippen molar-refractivity contribution >= 4 is 5.97 Å². The Hall–Kier alpha value is -0.610. The molecule has 0 aliphatic rings. The predicted molar refractivity (Wildman–Crippen MR) is 84.9 cm³/mol. The molecular formula is C16H34N2O2. The maximum absolute atomic E-state index is 12.1. The fraction of sp³-hybridized carbons (Fsp3) is 0.938. The average molecular weight is 286 g/mol. The lowest BCUT2D eigenvalue weighted by molar-refractivity contribution is -0.149. The van der Waals surface area contributed by atoms with Gasteiger partial charge in [0.2, 0.25) is 0 Å². The first-order valence-electron chi connectivity index (χ1n) is 7.47.